The molecule has 0 saturated heterocycles. The summed E-state index contributed by atoms with van der Waals surface area (Å²) in [7, 11) is 1.62. The zero-order valence-electron chi connectivity index (χ0n) is 14.8. The lowest BCUT2D eigenvalue weighted by Gasteiger charge is -2.21. The van der Waals surface area contributed by atoms with Gasteiger partial charge in [0, 0.05) is 6.42 Å². The van der Waals surface area contributed by atoms with Gasteiger partial charge in [-0.15, -0.1) is 0 Å². The Kier molecular flexibility index (Phi) is 6.94. The molecular formula is C20H30O3. The summed E-state index contributed by atoms with van der Waals surface area (Å²) < 4.78 is 11.0. The molecule has 0 radical (unpaired) electrons. The third-order valence-corrected chi connectivity index (χ3v) is 4.84. The summed E-state index contributed by atoms with van der Waals surface area (Å²) in [6.45, 7) is 4.53. The quantitative estimate of drug-likeness (QED) is 0.607. The second kappa shape index (κ2) is 8.95. The molecule has 1 aliphatic carbocycles. The van der Waals surface area contributed by atoms with E-state index in [-0.39, 0.29) is 5.78 Å². The predicted octanol–water partition coefficient (Wildman–Crippen LogP) is 5.34. The van der Waals surface area contributed by atoms with Crippen molar-refractivity contribution in [3.05, 3.63) is 23.3 Å². The fourth-order valence-electron chi connectivity index (χ4n) is 3.52. The molecule has 1 aliphatic rings. The van der Waals surface area contributed by atoms with Crippen LogP contribution in [0, 0.1) is 12.8 Å². The van der Waals surface area contributed by atoms with Crippen LogP contribution >= 0.6 is 0 Å². The number of carbonyl (C=O) groups is 1. The summed E-state index contributed by atoms with van der Waals surface area (Å²) in [6, 6.07) is 3.75. The van der Waals surface area contributed by atoms with Gasteiger partial charge in [0.2, 0.25) is 0 Å². The van der Waals surface area contributed by atoms with Crippen LogP contribution in [0.25, 0.3) is 0 Å². The number of rotatable bonds is 8. The standard InChI is InChI=1S/C20H30O3/c1-4-23-19-14-17(20(22-3)13-15(19)2)18(21)12-8-11-16-9-6-5-7-10-16/h13-14,16H,4-12H2,1-3H3. The van der Waals surface area contributed by atoms with Gasteiger partial charge in [0.25, 0.3) is 0 Å². The van der Waals surface area contributed by atoms with Crippen molar-refractivity contribution in [2.75, 3.05) is 13.7 Å². The van der Waals surface area contributed by atoms with Gasteiger partial charge in [0.05, 0.1) is 19.3 Å². The van der Waals surface area contributed by atoms with Crippen LogP contribution in [0.3, 0.4) is 0 Å². The van der Waals surface area contributed by atoms with E-state index in [4.69, 9.17) is 9.47 Å². The van der Waals surface area contributed by atoms with Gasteiger partial charge in [-0.2, -0.15) is 0 Å². The minimum atomic E-state index is 0.165. The first-order valence-electron chi connectivity index (χ1n) is 9.00. The highest BCUT2D eigenvalue weighted by Crippen LogP contribution is 2.31. The maximum absolute atomic E-state index is 12.6. The maximum Gasteiger partial charge on any atom is 0.166 e. The predicted molar refractivity (Wildman–Crippen MR) is 93.7 cm³/mol. The number of carbonyl (C=O) groups excluding carboxylic acids is 1. The van der Waals surface area contributed by atoms with Crippen LogP contribution in [0.1, 0.15) is 74.2 Å². The second-order valence-electron chi connectivity index (χ2n) is 6.57. The molecule has 1 aromatic rings. The molecule has 0 atom stereocenters. The number of hydrogen-bond acceptors (Lipinski definition) is 3. The van der Waals surface area contributed by atoms with Gasteiger partial charge >= 0.3 is 0 Å². The van der Waals surface area contributed by atoms with Gasteiger partial charge in [-0.25, -0.2) is 0 Å². The monoisotopic (exact) mass is 318 g/mol. The van der Waals surface area contributed by atoms with E-state index in [2.05, 4.69) is 0 Å². The van der Waals surface area contributed by atoms with E-state index in [1.165, 1.54) is 38.5 Å². The van der Waals surface area contributed by atoms with Gasteiger partial charge in [-0.3, -0.25) is 4.79 Å². The lowest BCUT2D eigenvalue weighted by atomic mass is 9.85. The van der Waals surface area contributed by atoms with Crippen LogP contribution in [0.2, 0.25) is 0 Å². The van der Waals surface area contributed by atoms with E-state index in [1.807, 2.05) is 26.0 Å². The summed E-state index contributed by atoms with van der Waals surface area (Å²) in [5.41, 5.74) is 1.66. The Labute approximate surface area is 140 Å². The van der Waals surface area contributed by atoms with Crippen molar-refractivity contribution in [2.24, 2.45) is 5.92 Å². The van der Waals surface area contributed by atoms with Gasteiger partial charge in [-0.05, 0) is 43.9 Å². The number of methoxy groups -OCH3 is 1. The largest absolute Gasteiger partial charge is 0.496 e. The van der Waals surface area contributed by atoms with E-state index < -0.39 is 0 Å². The Morgan fingerprint density at radius 1 is 1.17 bits per heavy atom. The molecule has 3 heteroatoms. The summed E-state index contributed by atoms with van der Waals surface area (Å²) in [5.74, 6) is 2.44. The third kappa shape index (κ3) is 4.98. The number of aryl methyl sites for hydroxylation is 1. The number of ether oxygens (including phenoxy) is 2. The van der Waals surface area contributed by atoms with Crippen LogP contribution in [0.15, 0.2) is 12.1 Å². The maximum atomic E-state index is 12.6. The molecule has 1 fully saturated rings. The van der Waals surface area contributed by atoms with E-state index in [1.54, 1.807) is 7.11 Å². The van der Waals surface area contributed by atoms with Crippen molar-refractivity contribution in [3.8, 4) is 11.5 Å². The van der Waals surface area contributed by atoms with Crippen LogP contribution in [0.4, 0.5) is 0 Å². The molecule has 0 spiro atoms. The first-order chi connectivity index (χ1) is 11.2. The van der Waals surface area contributed by atoms with Crippen LogP contribution in [-0.2, 0) is 0 Å². The lowest BCUT2D eigenvalue weighted by molar-refractivity contribution is 0.0973. The van der Waals surface area contributed by atoms with E-state index >= 15 is 0 Å². The zero-order chi connectivity index (χ0) is 16.7. The zero-order valence-corrected chi connectivity index (χ0v) is 14.8. The highest BCUT2D eigenvalue weighted by atomic mass is 16.5. The summed E-state index contributed by atoms with van der Waals surface area (Å²) in [5, 5.41) is 0. The lowest BCUT2D eigenvalue weighted by Crippen LogP contribution is -2.08. The van der Waals surface area contributed by atoms with Crippen molar-refractivity contribution >= 4 is 5.78 Å². The molecular weight excluding hydrogens is 288 g/mol. The Balaban J connectivity index is 1.98. The first-order valence-corrected chi connectivity index (χ1v) is 9.00. The average Bonchev–Trinajstić information content (AvgIpc) is 2.57. The number of hydrogen-bond donors (Lipinski definition) is 0. The summed E-state index contributed by atoms with van der Waals surface area (Å²) in [6.07, 6.45) is 9.55. The van der Waals surface area contributed by atoms with Crippen molar-refractivity contribution in [3.63, 3.8) is 0 Å². The highest BCUT2D eigenvalue weighted by Gasteiger charge is 2.17. The van der Waals surface area contributed by atoms with Gasteiger partial charge in [0.15, 0.2) is 5.78 Å². The normalized spacial score (nSPS) is 15.4. The van der Waals surface area contributed by atoms with Crippen molar-refractivity contribution in [1.29, 1.82) is 0 Å². The van der Waals surface area contributed by atoms with Gasteiger partial charge in [-0.1, -0.05) is 38.5 Å². The third-order valence-electron chi connectivity index (χ3n) is 4.84. The molecule has 1 aromatic carbocycles. The smallest absolute Gasteiger partial charge is 0.166 e. The van der Waals surface area contributed by atoms with Crippen molar-refractivity contribution in [1.82, 2.24) is 0 Å². The molecule has 0 N–H and O–H groups in total. The Morgan fingerprint density at radius 3 is 2.57 bits per heavy atom. The number of benzene rings is 1. The SMILES string of the molecule is CCOc1cc(C(=O)CCCC2CCCCC2)c(OC)cc1C. The topological polar surface area (TPSA) is 35.5 Å². The Bertz CT molecular complexity index is 516. The minimum absolute atomic E-state index is 0.165. The first kappa shape index (κ1) is 17.8. The van der Waals surface area contributed by atoms with Crippen molar-refractivity contribution < 1.29 is 14.3 Å². The van der Waals surface area contributed by atoms with E-state index in [0.29, 0.717) is 24.3 Å². The molecule has 0 unspecified atom stereocenters. The fraction of sp³-hybridized carbons (Fsp3) is 0.650. The second-order valence-corrected chi connectivity index (χ2v) is 6.57. The van der Waals surface area contributed by atoms with Crippen LogP contribution in [0.5, 0.6) is 11.5 Å². The summed E-state index contributed by atoms with van der Waals surface area (Å²) >= 11 is 0. The minimum Gasteiger partial charge on any atom is -0.496 e. The highest BCUT2D eigenvalue weighted by molar-refractivity contribution is 5.99. The molecule has 0 amide bonds. The average molecular weight is 318 g/mol. The molecule has 2 rings (SSSR count). The number of Topliss-reactive ketones (excluding diaryl/α,β-unsaturated/α-hetero) is 1. The van der Waals surface area contributed by atoms with Crippen LogP contribution in [-0.4, -0.2) is 19.5 Å². The fourth-order valence-corrected chi connectivity index (χ4v) is 3.52. The van der Waals surface area contributed by atoms with Gasteiger partial charge in [0.1, 0.15) is 11.5 Å². The molecule has 23 heavy (non-hydrogen) atoms. The van der Waals surface area contributed by atoms with E-state index in [0.717, 1.165) is 23.7 Å². The molecule has 0 heterocycles. The van der Waals surface area contributed by atoms with E-state index in [9.17, 15) is 4.79 Å². The molecule has 128 valence electrons. The number of ketones is 1. The van der Waals surface area contributed by atoms with Crippen molar-refractivity contribution in [2.45, 2.75) is 65.2 Å². The Morgan fingerprint density at radius 2 is 1.91 bits per heavy atom. The Hall–Kier alpha value is -1.51. The molecule has 0 aromatic heterocycles. The molecule has 1 saturated carbocycles. The molecule has 3 nitrogen and oxygen atoms in total. The van der Waals surface area contributed by atoms with Crippen LogP contribution < -0.4 is 9.47 Å². The molecule has 0 bridgehead atoms. The molecule has 0 aliphatic heterocycles. The summed E-state index contributed by atoms with van der Waals surface area (Å²) in [4.78, 5) is 12.6. The van der Waals surface area contributed by atoms with Gasteiger partial charge < -0.3 is 9.47 Å².